The molecule has 0 saturated heterocycles. The average Bonchev–Trinajstić information content (AvgIpc) is 2.96. The zero-order valence-corrected chi connectivity index (χ0v) is 13.1. The molecule has 6 nitrogen and oxygen atoms in total. The SMILES string of the molecule is CCC(C)NC(=O)C(C)Sc1nnc(-c2ccncc2)o1. The Bertz CT molecular complexity index is 588. The van der Waals surface area contributed by atoms with Gasteiger partial charge in [-0.2, -0.15) is 0 Å². The molecule has 2 unspecified atom stereocenters. The van der Waals surface area contributed by atoms with E-state index in [-0.39, 0.29) is 17.2 Å². The van der Waals surface area contributed by atoms with E-state index in [1.807, 2.05) is 20.8 Å². The molecule has 0 aromatic carbocycles. The number of pyridine rings is 1. The highest BCUT2D eigenvalue weighted by Gasteiger charge is 2.19. The lowest BCUT2D eigenvalue weighted by molar-refractivity contribution is -0.120. The Morgan fingerprint density at radius 3 is 2.71 bits per heavy atom. The summed E-state index contributed by atoms with van der Waals surface area (Å²) >= 11 is 1.25. The summed E-state index contributed by atoms with van der Waals surface area (Å²) in [4.78, 5) is 15.9. The first-order valence-electron chi connectivity index (χ1n) is 6.81. The number of amides is 1. The van der Waals surface area contributed by atoms with E-state index in [1.165, 1.54) is 11.8 Å². The number of hydrogen-bond donors (Lipinski definition) is 1. The van der Waals surface area contributed by atoms with Crippen LogP contribution in [-0.2, 0) is 4.79 Å². The van der Waals surface area contributed by atoms with Gasteiger partial charge in [-0.15, -0.1) is 10.2 Å². The second-order valence-electron chi connectivity index (χ2n) is 4.69. The Kier molecular flexibility index (Phi) is 5.32. The molecule has 0 spiro atoms. The number of carbonyl (C=O) groups excluding carboxylic acids is 1. The third kappa shape index (κ3) is 4.29. The number of thioether (sulfide) groups is 1. The van der Waals surface area contributed by atoms with Crippen molar-refractivity contribution in [3.63, 3.8) is 0 Å². The maximum atomic E-state index is 12.0. The molecule has 2 aromatic rings. The molecule has 0 aliphatic rings. The highest BCUT2D eigenvalue weighted by molar-refractivity contribution is 8.00. The second kappa shape index (κ2) is 7.21. The van der Waals surface area contributed by atoms with Crippen LogP contribution in [0.15, 0.2) is 34.2 Å². The van der Waals surface area contributed by atoms with Crippen LogP contribution in [0, 0.1) is 0 Å². The summed E-state index contributed by atoms with van der Waals surface area (Å²) in [6, 6.07) is 3.75. The molecule has 0 radical (unpaired) electrons. The number of rotatable bonds is 6. The standard InChI is InChI=1S/C14H18N4O2S/c1-4-9(2)16-12(19)10(3)21-14-18-17-13(20-14)11-5-7-15-8-6-11/h5-10H,4H2,1-3H3,(H,16,19). The Hall–Kier alpha value is -1.89. The van der Waals surface area contributed by atoms with Crippen molar-refractivity contribution in [3.8, 4) is 11.5 Å². The molecule has 2 rings (SSSR count). The molecule has 21 heavy (non-hydrogen) atoms. The van der Waals surface area contributed by atoms with Crippen molar-refractivity contribution in [3.05, 3.63) is 24.5 Å². The molecule has 1 N–H and O–H groups in total. The molecular formula is C14H18N4O2S. The van der Waals surface area contributed by atoms with Crippen LogP contribution in [0.1, 0.15) is 27.2 Å². The minimum absolute atomic E-state index is 0.0296. The van der Waals surface area contributed by atoms with Gasteiger partial charge in [-0.1, -0.05) is 18.7 Å². The molecule has 2 aromatic heterocycles. The number of aromatic nitrogens is 3. The number of hydrogen-bond acceptors (Lipinski definition) is 6. The molecule has 0 saturated carbocycles. The van der Waals surface area contributed by atoms with Gasteiger partial charge in [-0.05, 0) is 32.4 Å². The van der Waals surface area contributed by atoms with E-state index in [9.17, 15) is 4.79 Å². The first-order valence-corrected chi connectivity index (χ1v) is 7.69. The number of nitrogens with one attached hydrogen (secondary N) is 1. The van der Waals surface area contributed by atoms with Crippen LogP contribution < -0.4 is 5.32 Å². The molecule has 0 fully saturated rings. The molecule has 0 bridgehead atoms. The molecule has 112 valence electrons. The average molecular weight is 306 g/mol. The van der Waals surface area contributed by atoms with Gasteiger partial charge >= 0.3 is 0 Å². The van der Waals surface area contributed by atoms with Gasteiger partial charge in [0.2, 0.25) is 11.8 Å². The first-order chi connectivity index (χ1) is 10.1. The minimum Gasteiger partial charge on any atom is -0.411 e. The van der Waals surface area contributed by atoms with Crippen LogP contribution in [-0.4, -0.2) is 32.4 Å². The van der Waals surface area contributed by atoms with Gasteiger partial charge in [0.25, 0.3) is 5.22 Å². The fourth-order valence-corrected chi connectivity index (χ4v) is 2.23. The summed E-state index contributed by atoms with van der Waals surface area (Å²) in [5.41, 5.74) is 0.807. The summed E-state index contributed by atoms with van der Waals surface area (Å²) in [7, 11) is 0. The van der Waals surface area contributed by atoms with Crippen LogP contribution in [0.25, 0.3) is 11.5 Å². The Balaban J connectivity index is 1.98. The van der Waals surface area contributed by atoms with Crippen molar-refractivity contribution in [2.45, 2.75) is 43.7 Å². The van der Waals surface area contributed by atoms with Crippen LogP contribution >= 0.6 is 11.8 Å². The van der Waals surface area contributed by atoms with E-state index in [0.29, 0.717) is 11.1 Å². The maximum Gasteiger partial charge on any atom is 0.277 e. The van der Waals surface area contributed by atoms with Crippen molar-refractivity contribution < 1.29 is 9.21 Å². The third-order valence-corrected chi connectivity index (χ3v) is 3.92. The second-order valence-corrected chi connectivity index (χ2v) is 5.98. The largest absolute Gasteiger partial charge is 0.411 e. The van der Waals surface area contributed by atoms with Gasteiger partial charge < -0.3 is 9.73 Å². The molecule has 7 heteroatoms. The van der Waals surface area contributed by atoms with Gasteiger partial charge in [-0.3, -0.25) is 9.78 Å². The molecule has 0 aliphatic heterocycles. The lowest BCUT2D eigenvalue weighted by Crippen LogP contribution is -2.37. The normalized spacial score (nSPS) is 13.7. The third-order valence-electron chi connectivity index (χ3n) is 2.98. The maximum absolute atomic E-state index is 12.0. The molecule has 2 heterocycles. The predicted octanol–water partition coefficient (Wildman–Crippen LogP) is 2.53. The van der Waals surface area contributed by atoms with E-state index in [4.69, 9.17) is 4.42 Å². The van der Waals surface area contributed by atoms with E-state index in [1.54, 1.807) is 24.5 Å². The van der Waals surface area contributed by atoms with Crippen molar-refractivity contribution in [1.82, 2.24) is 20.5 Å². The van der Waals surface area contributed by atoms with Crippen molar-refractivity contribution in [1.29, 1.82) is 0 Å². The van der Waals surface area contributed by atoms with Crippen LogP contribution in [0.2, 0.25) is 0 Å². The fourth-order valence-electron chi connectivity index (χ4n) is 1.54. The van der Waals surface area contributed by atoms with Gasteiger partial charge in [-0.25, -0.2) is 0 Å². The lowest BCUT2D eigenvalue weighted by atomic mass is 10.2. The van der Waals surface area contributed by atoms with Crippen LogP contribution in [0.5, 0.6) is 0 Å². The first kappa shape index (κ1) is 15.5. The summed E-state index contributed by atoms with van der Waals surface area (Å²) in [6.45, 7) is 5.82. The topological polar surface area (TPSA) is 80.9 Å². The molecular weight excluding hydrogens is 288 g/mol. The van der Waals surface area contributed by atoms with Crippen molar-refractivity contribution in [2.24, 2.45) is 0 Å². The van der Waals surface area contributed by atoms with Crippen molar-refractivity contribution in [2.75, 3.05) is 0 Å². The van der Waals surface area contributed by atoms with Gasteiger partial charge in [0, 0.05) is 24.0 Å². The Morgan fingerprint density at radius 1 is 1.33 bits per heavy atom. The fraction of sp³-hybridized carbons (Fsp3) is 0.429. The minimum atomic E-state index is -0.287. The summed E-state index contributed by atoms with van der Waals surface area (Å²) in [5.74, 6) is 0.396. The quantitative estimate of drug-likeness (QED) is 0.826. The number of carbonyl (C=O) groups is 1. The van der Waals surface area contributed by atoms with E-state index >= 15 is 0 Å². The monoisotopic (exact) mass is 306 g/mol. The molecule has 0 aliphatic carbocycles. The van der Waals surface area contributed by atoms with Gasteiger partial charge in [0.15, 0.2) is 0 Å². The smallest absolute Gasteiger partial charge is 0.277 e. The zero-order valence-electron chi connectivity index (χ0n) is 12.2. The summed E-state index contributed by atoms with van der Waals surface area (Å²) in [5, 5.41) is 11.0. The zero-order chi connectivity index (χ0) is 15.2. The molecule has 2 atom stereocenters. The van der Waals surface area contributed by atoms with Gasteiger partial charge in [0.1, 0.15) is 0 Å². The Morgan fingerprint density at radius 2 is 2.05 bits per heavy atom. The van der Waals surface area contributed by atoms with E-state index < -0.39 is 0 Å². The van der Waals surface area contributed by atoms with Crippen LogP contribution in [0.4, 0.5) is 0 Å². The summed E-state index contributed by atoms with van der Waals surface area (Å²) < 4.78 is 5.55. The van der Waals surface area contributed by atoms with Gasteiger partial charge in [0.05, 0.1) is 5.25 Å². The number of nitrogens with zero attached hydrogens (tertiary/aromatic N) is 3. The highest BCUT2D eigenvalue weighted by atomic mass is 32.2. The lowest BCUT2D eigenvalue weighted by Gasteiger charge is -2.14. The predicted molar refractivity (Wildman–Crippen MR) is 80.7 cm³/mol. The molecule has 1 amide bonds. The highest BCUT2D eigenvalue weighted by Crippen LogP contribution is 2.25. The van der Waals surface area contributed by atoms with E-state index in [0.717, 1.165) is 12.0 Å². The van der Waals surface area contributed by atoms with E-state index in [2.05, 4.69) is 20.5 Å². The summed E-state index contributed by atoms with van der Waals surface area (Å²) in [6.07, 6.45) is 4.22. The Labute approximate surface area is 127 Å². The van der Waals surface area contributed by atoms with Crippen molar-refractivity contribution >= 4 is 17.7 Å². The van der Waals surface area contributed by atoms with Crippen LogP contribution in [0.3, 0.4) is 0 Å².